The SMILES string of the molecule is Cc1nn(C)c(C)c1C(O)=C1C(=O)C(=O)N(CCCN(C)C)C1c1cccnc1. The first kappa shape index (κ1) is 20.7. The van der Waals surface area contributed by atoms with Gasteiger partial charge in [-0.1, -0.05) is 6.07 Å². The molecule has 1 fully saturated rings. The molecule has 1 aliphatic rings. The smallest absolute Gasteiger partial charge is 0.295 e. The van der Waals surface area contributed by atoms with Gasteiger partial charge in [0.1, 0.15) is 5.76 Å². The first-order valence-electron chi connectivity index (χ1n) is 9.57. The molecule has 2 aromatic rings. The fraction of sp³-hybridized carbons (Fsp3) is 0.429. The molecule has 0 radical (unpaired) electrons. The number of carbonyl (C=O) groups is 2. The van der Waals surface area contributed by atoms with Crippen molar-refractivity contribution >= 4 is 17.4 Å². The monoisotopic (exact) mass is 397 g/mol. The molecule has 1 unspecified atom stereocenters. The van der Waals surface area contributed by atoms with Crippen molar-refractivity contribution in [2.75, 3.05) is 27.2 Å². The van der Waals surface area contributed by atoms with Crippen molar-refractivity contribution in [1.82, 2.24) is 24.6 Å². The van der Waals surface area contributed by atoms with Crippen molar-refractivity contribution < 1.29 is 14.7 Å². The first-order valence-corrected chi connectivity index (χ1v) is 9.57. The zero-order chi connectivity index (χ0) is 21.3. The topological polar surface area (TPSA) is 91.6 Å². The van der Waals surface area contributed by atoms with Crippen LogP contribution in [0.5, 0.6) is 0 Å². The highest BCUT2D eigenvalue weighted by atomic mass is 16.3. The van der Waals surface area contributed by atoms with Crippen LogP contribution in [-0.4, -0.2) is 68.5 Å². The molecule has 0 aromatic carbocycles. The molecule has 8 nitrogen and oxygen atoms in total. The number of rotatable bonds is 6. The fourth-order valence-electron chi connectivity index (χ4n) is 3.80. The highest BCUT2D eigenvalue weighted by Crippen LogP contribution is 2.40. The highest BCUT2D eigenvalue weighted by Gasteiger charge is 2.46. The molecule has 1 saturated heterocycles. The molecule has 1 atom stereocenters. The summed E-state index contributed by atoms with van der Waals surface area (Å²) in [6.45, 7) is 4.78. The molecular formula is C21H27N5O3. The molecule has 0 spiro atoms. The van der Waals surface area contributed by atoms with Crippen LogP contribution in [-0.2, 0) is 16.6 Å². The number of aliphatic hydroxyl groups is 1. The Bertz CT molecular complexity index is 962. The molecule has 29 heavy (non-hydrogen) atoms. The number of pyridine rings is 1. The van der Waals surface area contributed by atoms with E-state index in [4.69, 9.17) is 0 Å². The van der Waals surface area contributed by atoms with Crippen LogP contribution in [0.15, 0.2) is 30.1 Å². The summed E-state index contributed by atoms with van der Waals surface area (Å²) in [6, 6.07) is 2.90. The van der Waals surface area contributed by atoms with Crippen LogP contribution in [0.3, 0.4) is 0 Å². The van der Waals surface area contributed by atoms with E-state index in [1.54, 1.807) is 37.1 Å². The summed E-state index contributed by atoms with van der Waals surface area (Å²) in [6.07, 6.45) is 3.98. The number of aryl methyl sites for hydroxylation is 2. The van der Waals surface area contributed by atoms with Crippen molar-refractivity contribution in [2.45, 2.75) is 26.3 Å². The standard InChI is InChI=1S/C21H27N5O3/c1-13-16(14(2)25(5)23-13)19(27)17-18(15-8-6-9-22-12-15)26(21(29)20(17)28)11-7-10-24(3)4/h6,8-9,12,18,27H,7,10-11H2,1-5H3. The van der Waals surface area contributed by atoms with E-state index in [0.29, 0.717) is 29.8 Å². The Morgan fingerprint density at radius 1 is 1.28 bits per heavy atom. The summed E-state index contributed by atoms with van der Waals surface area (Å²) >= 11 is 0. The van der Waals surface area contributed by atoms with Gasteiger partial charge in [0.15, 0.2) is 0 Å². The number of likely N-dealkylation sites (tertiary alicyclic amines) is 1. The lowest BCUT2D eigenvalue weighted by atomic mass is 9.95. The van der Waals surface area contributed by atoms with Crippen molar-refractivity contribution in [3.63, 3.8) is 0 Å². The third-order valence-corrected chi connectivity index (χ3v) is 5.29. The Morgan fingerprint density at radius 2 is 2.00 bits per heavy atom. The van der Waals surface area contributed by atoms with E-state index in [1.807, 2.05) is 32.0 Å². The van der Waals surface area contributed by atoms with Crippen molar-refractivity contribution in [3.8, 4) is 0 Å². The quantitative estimate of drug-likeness (QED) is 0.454. The van der Waals surface area contributed by atoms with E-state index >= 15 is 0 Å². The number of hydrogen-bond acceptors (Lipinski definition) is 6. The van der Waals surface area contributed by atoms with E-state index in [-0.39, 0.29) is 11.3 Å². The van der Waals surface area contributed by atoms with Gasteiger partial charge in [-0.3, -0.25) is 19.3 Å². The molecule has 3 heterocycles. The normalized spacial score (nSPS) is 18.8. The number of nitrogens with zero attached hydrogens (tertiary/aromatic N) is 5. The van der Waals surface area contributed by atoms with Gasteiger partial charge in [-0.05, 0) is 52.5 Å². The predicted octanol–water partition coefficient (Wildman–Crippen LogP) is 1.81. The Hall–Kier alpha value is -3.00. The average molecular weight is 397 g/mol. The summed E-state index contributed by atoms with van der Waals surface area (Å²) in [5.41, 5.74) is 2.60. The molecule has 154 valence electrons. The van der Waals surface area contributed by atoms with Crippen LogP contribution in [0.1, 0.15) is 35.0 Å². The van der Waals surface area contributed by atoms with Gasteiger partial charge in [-0.25, -0.2) is 0 Å². The summed E-state index contributed by atoms with van der Waals surface area (Å²) in [4.78, 5) is 33.5. The summed E-state index contributed by atoms with van der Waals surface area (Å²) in [5.74, 6) is -1.46. The maximum atomic E-state index is 13.0. The van der Waals surface area contributed by atoms with Crippen LogP contribution in [0, 0.1) is 13.8 Å². The van der Waals surface area contributed by atoms with Crippen molar-refractivity contribution in [3.05, 3.63) is 52.6 Å². The minimum Gasteiger partial charge on any atom is -0.507 e. The first-order chi connectivity index (χ1) is 13.7. The molecule has 1 amide bonds. The van der Waals surface area contributed by atoms with Gasteiger partial charge in [0.2, 0.25) is 0 Å². The van der Waals surface area contributed by atoms with Crippen LogP contribution in [0.4, 0.5) is 0 Å². The van der Waals surface area contributed by atoms with E-state index in [0.717, 1.165) is 12.2 Å². The summed E-state index contributed by atoms with van der Waals surface area (Å²) < 4.78 is 1.65. The molecule has 1 N–H and O–H groups in total. The second-order valence-electron chi connectivity index (χ2n) is 7.61. The Kier molecular flexibility index (Phi) is 5.83. The van der Waals surface area contributed by atoms with Gasteiger partial charge >= 0.3 is 0 Å². The molecule has 0 aliphatic carbocycles. The fourth-order valence-corrected chi connectivity index (χ4v) is 3.80. The second-order valence-corrected chi connectivity index (χ2v) is 7.61. The van der Waals surface area contributed by atoms with Gasteiger partial charge < -0.3 is 14.9 Å². The van der Waals surface area contributed by atoms with Crippen LogP contribution in [0.25, 0.3) is 5.76 Å². The zero-order valence-corrected chi connectivity index (χ0v) is 17.5. The maximum absolute atomic E-state index is 13.0. The molecule has 0 saturated carbocycles. The molecule has 2 aromatic heterocycles. The van der Waals surface area contributed by atoms with Gasteiger partial charge in [0.05, 0.1) is 22.9 Å². The second kappa shape index (κ2) is 8.16. The van der Waals surface area contributed by atoms with Gasteiger partial charge in [-0.2, -0.15) is 5.10 Å². The van der Waals surface area contributed by atoms with Crippen molar-refractivity contribution in [2.24, 2.45) is 7.05 Å². The Morgan fingerprint density at radius 3 is 2.55 bits per heavy atom. The molecule has 8 heteroatoms. The lowest BCUT2D eigenvalue weighted by molar-refractivity contribution is -0.139. The average Bonchev–Trinajstić information content (AvgIpc) is 3.08. The van der Waals surface area contributed by atoms with Crippen LogP contribution >= 0.6 is 0 Å². The molecular weight excluding hydrogens is 370 g/mol. The molecule has 0 bridgehead atoms. The number of amides is 1. The lowest BCUT2D eigenvalue weighted by Gasteiger charge is -2.25. The van der Waals surface area contributed by atoms with E-state index in [1.165, 1.54) is 4.90 Å². The number of aromatic nitrogens is 3. The Labute approximate surface area is 170 Å². The van der Waals surface area contributed by atoms with E-state index in [2.05, 4.69) is 10.1 Å². The number of carbonyl (C=O) groups excluding carboxylic acids is 2. The minimum absolute atomic E-state index is 0.0899. The summed E-state index contributed by atoms with van der Waals surface area (Å²) in [5, 5.41) is 15.5. The minimum atomic E-state index is -0.677. The predicted molar refractivity (Wildman–Crippen MR) is 109 cm³/mol. The zero-order valence-electron chi connectivity index (χ0n) is 17.5. The van der Waals surface area contributed by atoms with Crippen LogP contribution < -0.4 is 0 Å². The lowest BCUT2D eigenvalue weighted by Crippen LogP contribution is -2.32. The number of Topliss-reactive ketones (excluding diaryl/α,β-unsaturated/α-hetero) is 1. The van der Waals surface area contributed by atoms with Gasteiger partial charge in [0, 0.05) is 31.7 Å². The third kappa shape index (κ3) is 3.80. The van der Waals surface area contributed by atoms with Gasteiger partial charge in [0.25, 0.3) is 11.7 Å². The molecule has 3 rings (SSSR count). The highest BCUT2D eigenvalue weighted by molar-refractivity contribution is 6.46. The number of aliphatic hydroxyl groups excluding tert-OH is 1. The molecule has 1 aliphatic heterocycles. The summed E-state index contributed by atoms with van der Waals surface area (Å²) in [7, 11) is 5.69. The van der Waals surface area contributed by atoms with Crippen LogP contribution in [0.2, 0.25) is 0 Å². The number of ketones is 1. The maximum Gasteiger partial charge on any atom is 0.295 e. The Balaban J connectivity index is 2.13. The third-order valence-electron chi connectivity index (χ3n) is 5.29. The van der Waals surface area contributed by atoms with E-state index in [9.17, 15) is 14.7 Å². The van der Waals surface area contributed by atoms with Gasteiger partial charge in [-0.15, -0.1) is 0 Å². The van der Waals surface area contributed by atoms with E-state index < -0.39 is 17.7 Å². The largest absolute Gasteiger partial charge is 0.507 e. The van der Waals surface area contributed by atoms with Crippen molar-refractivity contribution in [1.29, 1.82) is 0 Å². The number of hydrogen-bond donors (Lipinski definition) is 1.